The molecule has 9 heteroatoms. The number of anilines is 1. The smallest absolute Gasteiger partial charge is 0.334 e. The molecule has 2 heterocycles. The van der Waals surface area contributed by atoms with Crippen LogP contribution in [0.3, 0.4) is 0 Å². The normalized spacial score (nSPS) is 19.3. The number of H-pyrrole nitrogens is 1. The number of amides is 1. The molecule has 1 aliphatic rings. The number of aromatic nitrogens is 2. The molecule has 6 nitrogen and oxygen atoms in total. The van der Waals surface area contributed by atoms with Crippen LogP contribution in [0.25, 0.3) is 11.0 Å². The number of likely N-dealkylation sites (tertiary alicyclic amines) is 1. The monoisotopic (exact) mass is 355 g/mol. The van der Waals surface area contributed by atoms with E-state index in [2.05, 4.69) is 25.5 Å². The van der Waals surface area contributed by atoms with Gasteiger partial charge in [-0.2, -0.15) is 13.2 Å². The predicted molar refractivity (Wildman–Crippen MR) is 88.2 cm³/mol. The van der Waals surface area contributed by atoms with Gasteiger partial charge in [-0.1, -0.05) is 0 Å². The summed E-state index contributed by atoms with van der Waals surface area (Å²) in [6.45, 7) is 1.92. The number of aromatic amines is 1. The second kappa shape index (κ2) is 7.01. The first kappa shape index (κ1) is 17.7. The van der Waals surface area contributed by atoms with Gasteiger partial charge < -0.3 is 15.6 Å². The Balaban J connectivity index is 1.65. The number of hydrogen-bond acceptors (Lipinski definition) is 4. The summed E-state index contributed by atoms with van der Waals surface area (Å²) in [4.78, 5) is 20.0. The molecule has 0 saturated carbocycles. The minimum Gasteiger partial charge on any atom is -0.334 e. The topological polar surface area (TPSA) is 73.1 Å². The molecule has 2 aromatic rings. The van der Waals surface area contributed by atoms with E-state index in [0.29, 0.717) is 11.7 Å². The molecule has 1 aromatic carbocycles. The van der Waals surface area contributed by atoms with E-state index < -0.39 is 12.0 Å². The van der Waals surface area contributed by atoms with Crippen LogP contribution in [0.2, 0.25) is 0 Å². The lowest BCUT2D eigenvalue weighted by molar-refractivity contribution is -0.144. The zero-order valence-corrected chi connectivity index (χ0v) is 13.8. The van der Waals surface area contributed by atoms with Crippen molar-refractivity contribution in [1.82, 2.24) is 20.2 Å². The van der Waals surface area contributed by atoms with Gasteiger partial charge >= 0.3 is 6.18 Å². The van der Waals surface area contributed by atoms with Crippen LogP contribution in [0, 0.1) is 0 Å². The van der Waals surface area contributed by atoms with Gasteiger partial charge in [0.1, 0.15) is 0 Å². The van der Waals surface area contributed by atoms with Crippen LogP contribution in [0.5, 0.6) is 0 Å². The highest BCUT2D eigenvalue weighted by Crippen LogP contribution is 2.29. The number of piperidine rings is 1. The fraction of sp³-hybridized carbons (Fsp3) is 0.500. The highest BCUT2D eigenvalue weighted by Gasteiger charge is 2.34. The number of hydrogen-bond donors (Lipinski definition) is 3. The van der Waals surface area contributed by atoms with Crippen molar-refractivity contribution in [1.29, 1.82) is 0 Å². The minimum atomic E-state index is -4.53. The molecule has 1 fully saturated rings. The molecule has 1 saturated heterocycles. The Morgan fingerprint density at radius 1 is 1.44 bits per heavy atom. The molecule has 1 unspecified atom stereocenters. The molecule has 1 atom stereocenters. The second-order valence-corrected chi connectivity index (χ2v) is 6.23. The summed E-state index contributed by atoms with van der Waals surface area (Å²) < 4.78 is 38.1. The fourth-order valence-electron chi connectivity index (χ4n) is 3.06. The Labute approximate surface area is 142 Å². The molecule has 0 spiro atoms. The first-order valence-electron chi connectivity index (χ1n) is 8.11. The molecule has 136 valence electrons. The van der Waals surface area contributed by atoms with Crippen molar-refractivity contribution in [3.63, 3.8) is 0 Å². The van der Waals surface area contributed by atoms with E-state index in [0.717, 1.165) is 25.9 Å². The molecular weight excluding hydrogens is 335 g/mol. The third-order valence-electron chi connectivity index (χ3n) is 4.32. The van der Waals surface area contributed by atoms with Gasteiger partial charge in [0.05, 0.1) is 17.6 Å². The van der Waals surface area contributed by atoms with Gasteiger partial charge in [0.15, 0.2) is 0 Å². The van der Waals surface area contributed by atoms with E-state index in [1.165, 1.54) is 12.1 Å². The van der Waals surface area contributed by atoms with Crippen LogP contribution in [0.15, 0.2) is 18.2 Å². The molecule has 1 amide bonds. The lowest BCUT2D eigenvalue weighted by Gasteiger charge is -2.31. The number of carbonyl (C=O) groups is 1. The Hall–Kier alpha value is -2.13. The Bertz CT molecular complexity index is 758. The van der Waals surface area contributed by atoms with Gasteiger partial charge in [-0.25, -0.2) is 4.98 Å². The molecule has 3 rings (SSSR count). The Morgan fingerprint density at radius 3 is 2.96 bits per heavy atom. The van der Waals surface area contributed by atoms with Crippen molar-refractivity contribution in [3.05, 3.63) is 24.0 Å². The van der Waals surface area contributed by atoms with Crippen LogP contribution in [0.4, 0.5) is 18.9 Å². The van der Waals surface area contributed by atoms with Crippen molar-refractivity contribution >= 4 is 22.6 Å². The van der Waals surface area contributed by atoms with Crippen molar-refractivity contribution in [2.24, 2.45) is 0 Å². The average Bonchev–Trinajstić information content (AvgIpc) is 2.98. The van der Waals surface area contributed by atoms with Crippen molar-refractivity contribution in [2.75, 3.05) is 32.0 Å². The van der Waals surface area contributed by atoms with Crippen LogP contribution in [-0.2, 0) is 11.0 Å². The third kappa shape index (κ3) is 4.29. The molecule has 3 N–H and O–H groups in total. The average molecular weight is 355 g/mol. The highest BCUT2D eigenvalue weighted by atomic mass is 19.4. The number of imidazole rings is 1. The van der Waals surface area contributed by atoms with Crippen LogP contribution in [-0.4, -0.2) is 53.5 Å². The fourth-order valence-corrected chi connectivity index (χ4v) is 3.06. The summed E-state index contributed by atoms with van der Waals surface area (Å²) in [5.41, 5.74) is 0.883. The molecule has 0 bridgehead atoms. The molecule has 0 radical (unpaired) electrons. The van der Waals surface area contributed by atoms with Gasteiger partial charge in [0, 0.05) is 18.3 Å². The maximum atomic E-state index is 12.7. The van der Waals surface area contributed by atoms with E-state index in [-0.39, 0.29) is 23.5 Å². The number of halogens is 3. The minimum absolute atomic E-state index is 0.188. The zero-order valence-electron chi connectivity index (χ0n) is 13.8. The van der Waals surface area contributed by atoms with Gasteiger partial charge in [-0.3, -0.25) is 9.69 Å². The van der Waals surface area contributed by atoms with Crippen molar-refractivity contribution in [2.45, 2.75) is 25.1 Å². The Morgan fingerprint density at radius 2 is 2.24 bits per heavy atom. The molecule has 1 aliphatic heterocycles. The number of carbonyl (C=O) groups excluding carboxylic acids is 1. The highest BCUT2D eigenvalue weighted by molar-refractivity contribution is 5.94. The summed E-state index contributed by atoms with van der Waals surface area (Å²) in [5, 5.41) is 5.95. The molecule has 1 aromatic heterocycles. The van der Waals surface area contributed by atoms with Gasteiger partial charge in [0.2, 0.25) is 11.7 Å². The van der Waals surface area contributed by atoms with E-state index in [4.69, 9.17) is 0 Å². The summed E-state index contributed by atoms with van der Waals surface area (Å²) in [7, 11) is 1.91. The lowest BCUT2D eigenvalue weighted by Crippen LogP contribution is -2.46. The molecule has 0 aliphatic carbocycles. The Kier molecular flexibility index (Phi) is 4.96. The summed E-state index contributed by atoms with van der Waals surface area (Å²) in [6, 6.07) is 4.84. The van der Waals surface area contributed by atoms with Gasteiger partial charge in [0.25, 0.3) is 0 Å². The number of nitrogens with one attached hydrogen (secondary N) is 3. The lowest BCUT2D eigenvalue weighted by atomic mass is 10.1. The van der Waals surface area contributed by atoms with Crippen LogP contribution < -0.4 is 10.6 Å². The first-order chi connectivity index (χ1) is 11.8. The van der Waals surface area contributed by atoms with E-state index in [1.54, 1.807) is 6.07 Å². The summed E-state index contributed by atoms with van der Waals surface area (Å²) in [6.07, 6.45) is -2.41. The number of fused-ring (bicyclic) bond motifs is 1. The standard InChI is InChI=1S/C16H20F3N5O/c1-20-11-3-2-6-24(8-11)9-14(25)21-10-4-5-12-13(7-10)23-15(22-12)16(17,18)19/h4-5,7,11,20H,2-3,6,8-9H2,1H3,(H,21,25)(H,22,23). The first-order valence-corrected chi connectivity index (χ1v) is 8.11. The molecule has 25 heavy (non-hydrogen) atoms. The second-order valence-electron chi connectivity index (χ2n) is 6.23. The number of likely N-dealkylation sites (N-methyl/N-ethyl adjacent to an activating group) is 1. The number of nitrogens with zero attached hydrogens (tertiary/aromatic N) is 2. The van der Waals surface area contributed by atoms with Crippen molar-refractivity contribution in [3.8, 4) is 0 Å². The van der Waals surface area contributed by atoms with Gasteiger partial charge in [-0.05, 0) is 44.6 Å². The van der Waals surface area contributed by atoms with Crippen LogP contribution >= 0.6 is 0 Å². The predicted octanol–water partition coefficient (Wildman–Crippen LogP) is 2.20. The largest absolute Gasteiger partial charge is 0.449 e. The van der Waals surface area contributed by atoms with E-state index in [1.807, 2.05) is 7.05 Å². The van der Waals surface area contributed by atoms with Crippen molar-refractivity contribution < 1.29 is 18.0 Å². The number of rotatable bonds is 4. The maximum absolute atomic E-state index is 12.7. The van der Waals surface area contributed by atoms with Crippen LogP contribution in [0.1, 0.15) is 18.7 Å². The van der Waals surface area contributed by atoms with Gasteiger partial charge in [-0.15, -0.1) is 0 Å². The molecular formula is C16H20F3N5O. The number of alkyl halides is 3. The van der Waals surface area contributed by atoms with E-state index >= 15 is 0 Å². The van der Waals surface area contributed by atoms with E-state index in [9.17, 15) is 18.0 Å². The quantitative estimate of drug-likeness (QED) is 0.786. The summed E-state index contributed by atoms with van der Waals surface area (Å²) in [5.74, 6) is -1.23. The zero-order chi connectivity index (χ0) is 18.0. The SMILES string of the molecule is CNC1CCCN(CC(=O)Nc2ccc3nc(C(F)(F)F)[nH]c3c2)C1. The third-order valence-corrected chi connectivity index (χ3v) is 4.32. The maximum Gasteiger partial charge on any atom is 0.449 e. The number of benzene rings is 1. The summed E-state index contributed by atoms with van der Waals surface area (Å²) >= 11 is 0.